The van der Waals surface area contributed by atoms with Crippen LogP contribution in [0.25, 0.3) is 10.8 Å². The smallest absolute Gasteiger partial charge is 0.410 e. The Labute approximate surface area is 200 Å². The summed E-state index contributed by atoms with van der Waals surface area (Å²) in [6.07, 6.45) is 2.78. The van der Waals surface area contributed by atoms with E-state index < -0.39 is 5.60 Å². The zero-order valence-electron chi connectivity index (χ0n) is 19.7. The van der Waals surface area contributed by atoms with Gasteiger partial charge in [0, 0.05) is 24.4 Å². The van der Waals surface area contributed by atoms with Crippen molar-refractivity contribution in [3.05, 3.63) is 60.7 Å². The van der Waals surface area contributed by atoms with Gasteiger partial charge >= 0.3 is 11.4 Å². The fourth-order valence-electron chi connectivity index (χ4n) is 4.00. The molecule has 0 spiro atoms. The highest BCUT2D eigenvalue weighted by atomic mass is 32.2. The van der Waals surface area contributed by atoms with E-state index in [4.69, 9.17) is 9.47 Å². The zero-order valence-corrected chi connectivity index (χ0v) is 20.5. The van der Waals surface area contributed by atoms with Crippen LogP contribution in [0.4, 0.5) is 9.59 Å². The highest BCUT2D eigenvalue weighted by Gasteiger charge is 2.38. The van der Waals surface area contributed by atoms with Crippen LogP contribution in [0.5, 0.6) is 0 Å². The van der Waals surface area contributed by atoms with E-state index in [1.165, 1.54) is 16.3 Å². The Kier molecular flexibility index (Phi) is 8.80. The molecule has 7 heteroatoms. The number of hydrogen-bond donors (Lipinski definition) is 1. The standard InChI is InChI=1S/C26H34N2O4S/c1-5-15-31-24(29)28-18-22(33-25(30)32-26(2,3)4)16-21(28)17-27-14-13-20-11-8-10-19-9-6-7-12-23(19)20/h5-12,21-22,27H,1,13-18H2,2-4H3/t21-,22-/m0/s1. The Hall–Kier alpha value is -2.51. The molecule has 0 aliphatic carbocycles. The number of hydrogen-bond acceptors (Lipinski definition) is 6. The van der Waals surface area contributed by atoms with Gasteiger partial charge in [-0.3, -0.25) is 0 Å². The summed E-state index contributed by atoms with van der Waals surface area (Å²) in [5, 5.41) is 5.67. The number of fused-ring (bicyclic) bond motifs is 1. The second-order valence-electron chi connectivity index (χ2n) is 9.20. The van der Waals surface area contributed by atoms with Gasteiger partial charge in [0.15, 0.2) is 0 Å². The molecule has 0 aromatic heterocycles. The van der Waals surface area contributed by atoms with Crippen LogP contribution in [-0.2, 0) is 15.9 Å². The molecular weight excluding hydrogens is 436 g/mol. The Morgan fingerprint density at radius 1 is 1.21 bits per heavy atom. The number of benzene rings is 2. The first-order chi connectivity index (χ1) is 15.8. The van der Waals surface area contributed by atoms with Gasteiger partial charge in [-0.25, -0.2) is 9.59 Å². The molecule has 3 rings (SSSR count). The van der Waals surface area contributed by atoms with E-state index in [0.29, 0.717) is 19.5 Å². The minimum atomic E-state index is -0.534. The Morgan fingerprint density at radius 3 is 2.73 bits per heavy atom. The van der Waals surface area contributed by atoms with Gasteiger partial charge in [0.25, 0.3) is 0 Å². The predicted octanol–water partition coefficient (Wildman–Crippen LogP) is 5.41. The van der Waals surface area contributed by atoms with Gasteiger partial charge in [0.1, 0.15) is 12.2 Å². The van der Waals surface area contributed by atoms with Crippen LogP contribution < -0.4 is 5.32 Å². The largest absolute Gasteiger partial charge is 0.452 e. The highest BCUT2D eigenvalue weighted by molar-refractivity contribution is 8.13. The van der Waals surface area contributed by atoms with Crippen molar-refractivity contribution < 1.29 is 19.1 Å². The molecule has 1 heterocycles. The van der Waals surface area contributed by atoms with Crippen LogP contribution in [-0.4, -0.2) is 59.4 Å². The lowest BCUT2D eigenvalue weighted by molar-refractivity contribution is 0.0736. The molecule has 2 atom stereocenters. The number of nitrogens with one attached hydrogen (secondary N) is 1. The maximum Gasteiger partial charge on any atom is 0.410 e. The van der Waals surface area contributed by atoms with Crippen molar-refractivity contribution in [2.24, 2.45) is 0 Å². The fourth-order valence-corrected chi connectivity index (χ4v) is 5.13. The number of thioether (sulfide) groups is 1. The molecule has 1 aliphatic rings. The molecule has 0 saturated carbocycles. The highest BCUT2D eigenvalue weighted by Crippen LogP contribution is 2.30. The van der Waals surface area contributed by atoms with E-state index in [1.54, 1.807) is 11.0 Å². The second kappa shape index (κ2) is 11.6. The number of nitrogens with zero attached hydrogens (tertiary/aromatic N) is 1. The van der Waals surface area contributed by atoms with Gasteiger partial charge < -0.3 is 19.7 Å². The summed E-state index contributed by atoms with van der Waals surface area (Å²) in [4.78, 5) is 26.6. The van der Waals surface area contributed by atoms with E-state index in [0.717, 1.165) is 24.7 Å². The lowest BCUT2D eigenvalue weighted by Gasteiger charge is -2.24. The van der Waals surface area contributed by atoms with Crippen LogP contribution in [0.3, 0.4) is 0 Å². The van der Waals surface area contributed by atoms with Gasteiger partial charge in [0.2, 0.25) is 0 Å². The molecule has 1 amide bonds. The lowest BCUT2D eigenvalue weighted by atomic mass is 10.0. The van der Waals surface area contributed by atoms with Gasteiger partial charge in [0.05, 0.1) is 0 Å². The third-order valence-electron chi connectivity index (χ3n) is 5.42. The summed E-state index contributed by atoms with van der Waals surface area (Å²) >= 11 is 1.16. The molecule has 1 saturated heterocycles. The SMILES string of the molecule is C=CCOC(=O)N1C[C@@H](SC(=O)OC(C)(C)C)C[C@H]1CNCCc1cccc2ccccc12. The predicted molar refractivity (Wildman–Crippen MR) is 135 cm³/mol. The van der Waals surface area contributed by atoms with Crippen LogP contribution in [0.2, 0.25) is 0 Å². The normalized spacial score (nSPS) is 18.3. The Bertz CT molecular complexity index is 967. The topological polar surface area (TPSA) is 67.9 Å². The Balaban J connectivity index is 1.56. The third kappa shape index (κ3) is 7.51. The maximum absolute atomic E-state index is 12.6. The lowest BCUT2D eigenvalue weighted by Crippen LogP contribution is -2.42. The summed E-state index contributed by atoms with van der Waals surface area (Å²) < 4.78 is 10.7. The molecule has 1 aliphatic heterocycles. The van der Waals surface area contributed by atoms with Crippen molar-refractivity contribution in [1.29, 1.82) is 0 Å². The number of amides is 1. The molecule has 6 nitrogen and oxygen atoms in total. The molecule has 1 N–H and O–H groups in total. The summed E-state index contributed by atoms with van der Waals surface area (Å²) in [6, 6.07) is 14.7. The quantitative estimate of drug-likeness (QED) is 0.316. The molecule has 1 fully saturated rings. The molecule has 0 radical (unpaired) electrons. The summed E-state index contributed by atoms with van der Waals surface area (Å²) in [6.45, 7) is 11.2. The molecule has 0 unspecified atom stereocenters. The Morgan fingerprint density at radius 2 is 1.97 bits per heavy atom. The first-order valence-corrected chi connectivity index (χ1v) is 12.3. The average molecular weight is 471 g/mol. The zero-order chi connectivity index (χ0) is 23.8. The van der Waals surface area contributed by atoms with Crippen LogP contribution in [0.15, 0.2) is 55.1 Å². The van der Waals surface area contributed by atoms with Crippen molar-refractivity contribution in [3.8, 4) is 0 Å². The average Bonchev–Trinajstić information content (AvgIpc) is 3.16. The minimum absolute atomic E-state index is 0.0269. The van der Waals surface area contributed by atoms with Crippen LogP contribution >= 0.6 is 11.8 Å². The van der Waals surface area contributed by atoms with Crippen molar-refractivity contribution >= 4 is 33.9 Å². The molecule has 2 aromatic carbocycles. The second-order valence-corrected chi connectivity index (χ2v) is 10.4. The van der Waals surface area contributed by atoms with Crippen molar-refractivity contribution in [2.75, 3.05) is 26.2 Å². The molecule has 0 bridgehead atoms. The fraction of sp³-hybridized carbons (Fsp3) is 0.462. The van der Waals surface area contributed by atoms with Crippen molar-refractivity contribution in [1.82, 2.24) is 10.2 Å². The minimum Gasteiger partial charge on any atom is -0.452 e. The van der Waals surface area contributed by atoms with E-state index in [1.807, 2.05) is 20.8 Å². The van der Waals surface area contributed by atoms with Crippen molar-refractivity contribution in [3.63, 3.8) is 0 Å². The first kappa shape index (κ1) is 25.1. The molecule has 178 valence electrons. The maximum atomic E-state index is 12.6. The monoisotopic (exact) mass is 470 g/mol. The number of ether oxygens (including phenoxy) is 2. The number of carbonyl (C=O) groups excluding carboxylic acids is 2. The van der Waals surface area contributed by atoms with Gasteiger partial charge in [-0.05, 0) is 68.3 Å². The number of carbonyl (C=O) groups is 2. The third-order valence-corrected chi connectivity index (χ3v) is 6.37. The van der Waals surface area contributed by atoms with Gasteiger partial charge in [-0.1, -0.05) is 55.1 Å². The van der Waals surface area contributed by atoms with E-state index in [-0.39, 0.29) is 29.3 Å². The summed E-state index contributed by atoms with van der Waals surface area (Å²) in [7, 11) is 0. The van der Waals surface area contributed by atoms with Gasteiger partial charge in [-0.2, -0.15) is 0 Å². The number of rotatable bonds is 8. The molecule has 2 aromatic rings. The van der Waals surface area contributed by atoms with Crippen LogP contribution in [0.1, 0.15) is 32.8 Å². The van der Waals surface area contributed by atoms with Crippen LogP contribution in [0, 0.1) is 0 Å². The first-order valence-electron chi connectivity index (χ1n) is 11.4. The van der Waals surface area contributed by atoms with E-state index in [2.05, 4.69) is 54.4 Å². The van der Waals surface area contributed by atoms with Gasteiger partial charge in [-0.15, -0.1) is 0 Å². The summed E-state index contributed by atoms with van der Waals surface area (Å²) in [5.41, 5.74) is 0.765. The van der Waals surface area contributed by atoms with Crippen molar-refractivity contribution in [2.45, 2.75) is 50.5 Å². The van der Waals surface area contributed by atoms with E-state index >= 15 is 0 Å². The molecule has 33 heavy (non-hydrogen) atoms. The summed E-state index contributed by atoms with van der Waals surface area (Å²) in [5.74, 6) is 0. The molecular formula is C26H34N2O4S. The van der Waals surface area contributed by atoms with E-state index in [9.17, 15) is 9.59 Å². The number of likely N-dealkylation sites (tertiary alicyclic amines) is 1.